The molecule has 0 atom stereocenters. The quantitative estimate of drug-likeness (QED) is 0.685. The Labute approximate surface area is 141 Å². The summed E-state index contributed by atoms with van der Waals surface area (Å²) in [5, 5.41) is 5.82. The Kier molecular flexibility index (Phi) is 6.82. The van der Waals surface area contributed by atoms with Gasteiger partial charge in [0.2, 0.25) is 5.95 Å². The average Bonchev–Trinajstić information content (AvgIpc) is 2.64. The van der Waals surface area contributed by atoms with E-state index in [0.29, 0.717) is 31.2 Å². The van der Waals surface area contributed by atoms with Crippen LogP contribution >= 0.6 is 0 Å². The first-order valence-electron chi connectivity index (χ1n) is 7.84. The summed E-state index contributed by atoms with van der Waals surface area (Å²) in [4.78, 5) is 20.0. The lowest BCUT2D eigenvalue weighted by Gasteiger charge is -2.08. The maximum atomic E-state index is 11.7. The van der Waals surface area contributed by atoms with E-state index in [0.717, 1.165) is 17.9 Å². The maximum absolute atomic E-state index is 11.7. The molecule has 0 saturated heterocycles. The third-order valence-electron chi connectivity index (χ3n) is 3.16. The van der Waals surface area contributed by atoms with Gasteiger partial charge in [-0.15, -0.1) is 0 Å². The minimum Gasteiger partial charge on any atom is -0.497 e. The molecule has 2 N–H and O–H groups in total. The predicted octanol–water partition coefficient (Wildman–Crippen LogP) is 2.12. The van der Waals surface area contributed by atoms with Crippen LogP contribution in [0.4, 0.5) is 5.95 Å². The van der Waals surface area contributed by atoms with Crippen molar-refractivity contribution in [2.75, 3.05) is 32.1 Å². The molecule has 0 aliphatic heterocycles. The fourth-order valence-corrected chi connectivity index (χ4v) is 1.88. The molecule has 128 valence electrons. The van der Waals surface area contributed by atoms with Gasteiger partial charge in [-0.05, 0) is 30.7 Å². The van der Waals surface area contributed by atoms with E-state index < -0.39 is 0 Å². The summed E-state index contributed by atoms with van der Waals surface area (Å²) < 4.78 is 10.7. The molecule has 0 fully saturated rings. The standard InChI is InChI=1S/C17H22N4O3/c1-3-8-18-16(22)13-11-20-17(21-12-13)19-9-10-24-15-6-4-14(23-2)5-7-15/h4-7,11-12H,3,8-10H2,1-2H3,(H,18,22)(H,19,20,21). The molecular formula is C17H22N4O3. The molecule has 1 aromatic carbocycles. The summed E-state index contributed by atoms with van der Waals surface area (Å²) >= 11 is 0. The zero-order chi connectivity index (χ0) is 17.2. The van der Waals surface area contributed by atoms with Gasteiger partial charge in [-0.3, -0.25) is 4.79 Å². The first-order valence-corrected chi connectivity index (χ1v) is 7.84. The van der Waals surface area contributed by atoms with Crippen LogP contribution in [-0.2, 0) is 0 Å². The number of carbonyl (C=O) groups is 1. The molecule has 0 radical (unpaired) electrons. The van der Waals surface area contributed by atoms with Crippen molar-refractivity contribution in [3.8, 4) is 11.5 Å². The Morgan fingerprint density at radius 3 is 2.38 bits per heavy atom. The van der Waals surface area contributed by atoms with E-state index in [9.17, 15) is 4.79 Å². The molecule has 0 saturated carbocycles. The number of aromatic nitrogens is 2. The van der Waals surface area contributed by atoms with Crippen LogP contribution in [0.5, 0.6) is 11.5 Å². The monoisotopic (exact) mass is 330 g/mol. The molecule has 0 aliphatic rings. The van der Waals surface area contributed by atoms with Gasteiger partial charge >= 0.3 is 0 Å². The molecule has 0 bridgehead atoms. The third kappa shape index (κ3) is 5.42. The van der Waals surface area contributed by atoms with E-state index >= 15 is 0 Å². The highest BCUT2D eigenvalue weighted by atomic mass is 16.5. The second-order valence-corrected chi connectivity index (χ2v) is 5.00. The van der Waals surface area contributed by atoms with Gasteiger partial charge in [-0.1, -0.05) is 6.92 Å². The van der Waals surface area contributed by atoms with E-state index in [-0.39, 0.29) is 5.91 Å². The predicted molar refractivity (Wildman–Crippen MR) is 91.6 cm³/mol. The Hall–Kier alpha value is -2.83. The summed E-state index contributed by atoms with van der Waals surface area (Å²) in [6.07, 6.45) is 3.90. The summed E-state index contributed by atoms with van der Waals surface area (Å²) in [5.41, 5.74) is 0.448. The zero-order valence-electron chi connectivity index (χ0n) is 13.9. The molecule has 1 heterocycles. The molecule has 1 amide bonds. The average molecular weight is 330 g/mol. The highest BCUT2D eigenvalue weighted by molar-refractivity contribution is 5.93. The lowest BCUT2D eigenvalue weighted by atomic mass is 10.3. The van der Waals surface area contributed by atoms with E-state index in [1.54, 1.807) is 7.11 Å². The maximum Gasteiger partial charge on any atom is 0.254 e. The van der Waals surface area contributed by atoms with E-state index in [2.05, 4.69) is 20.6 Å². The smallest absolute Gasteiger partial charge is 0.254 e. The highest BCUT2D eigenvalue weighted by Crippen LogP contribution is 2.16. The number of carbonyl (C=O) groups excluding carboxylic acids is 1. The number of amides is 1. The van der Waals surface area contributed by atoms with Crippen LogP contribution in [0.2, 0.25) is 0 Å². The van der Waals surface area contributed by atoms with Crippen molar-refractivity contribution in [2.24, 2.45) is 0 Å². The summed E-state index contributed by atoms with van der Waals surface area (Å²) in [6, 6.07) is 7.38. The van der Waals surface area contributed by atoms with Crippen molar-refractivity contribution in [1.82, 2.24) is 15.3 Å². The molecule has 0 spiro atoms. The van der Waals surface area contributed by atoms with Gasteiger partial charge in [0.1, 0.15) is 18.1 Å². The molecular weight excluding hydrogens is 308 g/mol. The molecule has 1 aromatic heterocycles. The largest absolute Gasteiger partial charge is 0.497 e. The van der Waals surface area contributed by atoms with Crippen LogP contribution in [0.3, 0.4) is 0 Å². The van der Waals surface area contributed by atoms with Gasteiger partial charge in [0, 0.05) is 18.9 Å². The van der Waals surface area contributed by atoms with Crippen LogP contribution in [0.25, 0.3) is 0 Å². The lowest BCUT2D eigenvalue weighted by molar-refractivity contribution is 0.0953. The van der Waals surface area contributed by atoms with Gasteiger partial charge in [-0.25, -0.2) is 9.97 Å². The number of ether oxygens (including phenoxy) is 2. The molecule has 0 aliphatic carbocycles. The number of benzene rings is 1. The number of hydrogen-bond acceptors (Lipinski definition) is 6. The number of hydrogen-bond donors (Lipinski definition) is 2. The molecule has 0 unspecified atom stereocenters. The van der Waals surface area contributed by atoms with E-state index in [1.165, 1.54) is 12.4 Å². The Balaban J connectivity index is 1.72. The number of nitrogens with zero attached hydrogens (tertiary/aromatic N) is 2. The highest BCUT2D eigenvalue weighted by Gasteiger charge is 2.05. The normalized spacial score (nSPS) is 10.1. The second kappa shape index (κ2) is 9.34. The molecule has 2 aromatic rings. The van der Waals surface area contributed by atoms with Gasteiger partial charge in [0.15, 0.2) is 0 Å². The van der Waals surface area contributed by atoms with Crippen LogP contribution in [-0.4, -0.2) is 42.7 Å². The van der Waals surface area contributed by atoms with Crippen molar-refractivity contribution >= 4 is 11.9 Å². The molecule has 7 nitrogen and oxygen atoms in total. The van der Waals surface area contributed by atoms with Crippen molar-refractivity contribution in [1.29, 1.82) is 0 Å². The number of rotatable bonds is 9. The number of anilines is 1. The first-order chi connectivity index (χ1) is 11.7. The first kappa shape index (κ1) is 17.5. The summed E-state index contributed by atoms with van der Waals surface area (Å²) in [6.45, 7) is 3.65. The molecule has 2 rings (SSSR count). The van der Waals surface area contributed by atoms with Crippen LogP contribution in [0, 0.1) is 0 Å². The minimum atomic E-state index is -0.161. The fourth-order valence-electron chi connectivity index (χ4n) is 1.88. The van der Waals surface area contributed by atoms with Crippen molar-refractivity contribution < 1.29 is 14.3 Å². The third-order valence-corrected chi connectivity index (χ3v) is 3.16. The lowest BCUT2D eigenvalue weighted by Crippen LogP contribution is -2.24. The van der Waals surface area contributed by atoms with E-state index in [1.807, 2.05) is 31.2 Å². The Morgan fingerprint density at radius 1 is 1.08 bits per heavy atom. The van der Waals surface area contributed by atoms with Gasteiger partial charge in [0.25, 0.3) is 5.91 Å². The summed E-state index contributed by atoms with van der Waals surface area (Å²) in [7, 11) is 1.62. The Morgan fingerprint density at radius 2 is 1.75 bits per heavy atom. The summed E-state index contributed by atoms with van der Waals surface area (Å²) in [5.74, 6) is 1.85. The van der Waals surface area contributed by atoms with Crippen molar-refractivity contribution in [3.05, 3.63) is 42.2 Å². The van der Waals surface area contributed by atoms with Gasteiger partial charge < -0.3 is 20.1 Å². The number of methoxy groups -OCH3 is 1. The topological polar surface area (TPSA) is 85.4 Å². The van der Waals surface area contributed by atoms with E-state index in [4.69, 9.17) is 9.47 Å². The molecule has 7 heteroatoms. The Bertz CT molecular complexity index is 629. The number of nitrogens with one attached hydrogen (secondary N) is 2. The minimum absolute atomic E-state index is 0.161. The van der Waals surface area contributed by atoms with Gasteiger partial charge in [-0.2, -0.15) is 0 Å². The zero-order valence-corrected chi connectivity index (χ0v) is 13.9. The fraction of sp³-hybridized carbons (Fsp3) is 0.353. The SMILES string of the molecule is CCCNC(=O)c1cnc(NCCOc2ccc(OC)cc2)nc1. The van der Waals surface area contributed by atoms with Crippen molar-refractivity contribution in [2.45, 2.75) is 13.3 Å². The van der Waals surface area contributed by atoms with Crippen LogP contribution in [0.1, 0.15) is 23.7 Å². The van der Waals surface area contributed by atoms with Gasteiger partial charge in [0.05, 0.1) is 19.2 Å². The van der Waals surface area contributed by atoms with Crippen molar-refractivity contribution in [3.63, 3.8) is 0 Å². The second-order valence-electron chi connectivity index (χ2n) is 5.00. The van der Waals surface area contributed by atoms with Crippen LogP contribution in [0.15, 0.2) is 36.7 Å². The molecule has 24 heavy (non-hydrogen) atoms. The van der Waals surface area contributed by atoms with Crippen LogP contribution < -0.4 is 20.1 Å².